The fourth-order valence-electron chi connectivity index (χ4n) is 4.95. The third kappa shape index (κ3) is 6.11. The summed E-state index contributed by atoms with van der Waals surface area (Å²) in [5.41, 5.74) is 4.23. The molecule has 0 spiro atoms. The molecule has 1 aromatic heterocycles. The van der Waals surface area contributed by atoms with Crippen molar-refractivity contribution in [3.8, 4) is 0 Å². The lowest BCUT2D eigenvalue weighted by molar-refractivity contribution is -0.118. The number of aliphatic hydroxyl groups excluding tert-OH is 1. The first-order valence-electron chi connectivity index (χ1n) is 13.1. The molecule has 1 heterocycles. The number of aliphatic hydroxyl groups is 1. The Labute approximate surface area is 228 Å². The van der Waals surface area contributed by atoms with Gasteiger partial charge in [-0.1, -0.05) is 55.5 Å². The number of imidazole rings is 1. The van der Waals surface area contributed by atoms with Gasteiger partial charge < -0.3 is 15.0 Å². The van der Waals surface area contributed by atoms with Crippen molar-refractivity contribution in [2.24, 2.45) is 0 Å². The first kappa shape index (κ1) is 26.8. The fourth-order valence-corrected chi connectivity index (χ4v) is 6.19. The number of fused-ring (bicyclic) bond motifs is 1. The quantitative estimate of drug-likeness (QED) is 0.278. The molecular formula is C30H32N4O4S. The molecule has 39 heavy (non-hydrogen) atoms. The van der Waals surface area contributed by atoms with E-state index < -0.39 is 22.2 Å². The van der Waals surface area contributed by atoms with Crippen molar-refractivity contribution < 1.29 is 18.3 Å². The Hall–Kier alpha value is -3.79. The van der Waals surface area contributed by atoms with E-state index in [0.29, 0.717) is 36.3 Å². The van der Waals surface area contributed by atoms with Gasteiger partial charge in [0, 0.05) is 30.9 Å². The first-order valence-corrected chi connectivity index (χ1v) is 14.6. The normalized spacial score (nSPS) is 16.7. The van der Waals surface area contributed by atoms with Crippen LogP contribution in [0.4, 0.5) is 5.69 Å². The van der Waals surface area contributed by atoms with Gasteiger partial charge in [0.1, 0.15) is 5.82 Å². The second-order valence-electron chi connectivity index (χ2n) is 9.75. The molecule has 4 aromatic rings. The highest BCUT2D eigenvalue weighted by Gasteiger charge is 2.35. The van der Waals surface area contributed by atoms with Crippen molar-refractivity contribution >= 4 is 21.6 Å². The number of rotatable bonds is 10. The lowest BCUT2D eigenvalue weighted by Crippen LogP contribution is -2.34. The zero-order chi connectivity index (χ0) is 27.4. The SMILES string of the molecule is CCc1ccc(S(=O)(=O)N[C@@H]2c3cc(N(Cc4ncc[nH]4)C(=O)CCc4ccccc4)ccc3C[C@H]2O)cc1. The lowest BCUT2D eigenvalue weighted by atomic mass is 10.1. The van der Waals surface area contributed by atoms with Crippen LogP contribution in [0, 0.1) is 0 Å². The molecule has 202 valence electrons. The molecule has 9 heteroatoms. The number of nitrogens with one attached hydrogen (secondary N) is 2. The van der Waals surface area contributed by atoms with E-state index in [-0.39, 0.29) is 17.3 Å². The maximum absolute atomic E-state index is 13.5. The summed E-state index contributed by atoms with van der Waals surface area (Å²) in [5.74, 6) is 0.554. The molecule has 0 saturated carbocycles. The summed E-state index contributed by atoms with van der Waals surface area (Å²) in [6.07, 6.45) is 4.44. The van der Waals surface area contributed by atoms with E-state index in [9.17, 15) is 18.3 Å². The van der Waals surface area contributed by atoms with Gasteiger partial charge in [-0.3, -0.25) is 4.79 Å². The number of aromatic nitrogens is 2. The van der Waals surface area contributed by atoms with Crippen LogP contribution >= 0.6 is 0 Å². The molecule has 1 aliphatic carbocycles. The zero-order valence-electron chi connectivity index (χ0n) is 21.7. The third-order valence-corrected chi connectivity index (χ3v) is 8.61. The topological polar surface area (TPSA) is 115 Å². The Morgan fingerprint density at radius 2 is 1.85 bits per heavy atom. The monoisotopic (exact) mass is 544 g/mol. The minimum Gasteiger partial charge on any atom is -0.391 e. The van der Waals surface area contributed by atoms with Crippen LogP contribution in [0.5, 0.6) is 0 Å². The van der Waals surface area contributed by atoms with Crippen LogP contribution in [0.15, 0.2) is 90.1 Å². The van der Waals surface area contributed by atoms with E-state index in [1.54, 1.807) is 41.6 Å². The highest BCUT2D eigenvalue weighted by Crippen LogP contribution is 2.36. The van der Waals surface area contributed by atoms with Gasteiger partial charge in [-0.2, -0.15) is 0 Å². The number of sulfonamides is 1. The summed E-state index contributed by atoms with van der Waals surface area (Å²) in [5, 5.41) is 10.8. The lowest BCUT2D eigenvalue weighted by Gasteiger charge is -2.24. The van der Waals surface area contributed by atoms with Crippen LogP contribution in [-0.4, -0.2) is 35.5 Å². The smallest absolute Gasteiger partial charge is 0.241 e. The van der Waals surface area contributed by atoms with Crippen molar-refractivity contribution in [1.82, 2.24) is 14.7 Å². The molecule has 3 N–H and O–H groups in total. The minimum atomic E-state index is -3.88. The largest absolute Gasteiger partial charge is 0.391 e. The highest BCUT2D eigenvalue weighted by molar-refractivity contribution is 7.89. The van der Waals surface area contributed by atoms with Crippen LogP contribution in [0.1, 0.15) is 47.5 Å². The average molecular weight is 545 g/mol. The second kappa shape index (κ2) is 11.5. The fraction of sp³-hybridized carbons (Fsp3) is 0.267. The molecule has 3 aromatic carbocycles. The van der Waals surface area contributed by atoms with Crippen molar-refractivity contribution in [3.63, 3.8) is 0 Å². The number of nitrogens with zero attached hydrogens (tertiary/aromatic N) is 2. The van der Waals surface area contributed by atoms with Crippen LogP contribution < -0.4 is 9.62 Å². The van der Waals surface area contributed by atoms with Crippen molar-refractivity contribution in [2.45, 2.75) is 56.2 Å². The van der Waals surface area contributed by atoms with Gasteiger partial charge in [-0.15, -0.1) is 0 Å². The molecule has 0 saturated heterocycles. The molecule has 0 aliphatic heterocycles. The molecule has 0 fully saturated rings. The number of carbonyl (C=O) groups excluding carboxylic acids is 1. The van der Waals surface area contributed by atoms with Crippen molar-refractivity contribution in [2.75, 3.05) is 4.90 Å². The standard InChI is InChI=1S/C30H32N4O4S/c1-2-21-8-13-25(14-9-21)39(37,38)33-30-26-19-24(12-11-23(26)18-27(30)35)34(20-28-31-16-17-32-28)29(36)15-10-22-6-4-3-5-7-22/h3-9,11-14,16-17,19,27,30,33,35H,2,10,15,18,20H2,1H3,(H,31,32)/t27-,30-/m1/s1. The summed E-state index contributed by atoms with van der Waals surface area (Å²) < 4.78 is 29.1. The number of hydrogen-bond acceptors (Lipinski definition) is 5. The van der Waals surface area contributed by atoms with Gasteiger partial charge in [0.15, 0.2) is 0 Å². The zero-order valence-corrected chi connectivity index (χ0v) is 22.6. The number of aryl methyl sites for hydroxylation is 2. The molecule has 1 amide bonds. The maximum atomic E-state index is 13.5. The first-order chi connectivity index (χ1) is 18.8. The van der Waals surface area contributed by atoms with Gasteiger partial charge in [-0.25, -0.2) is 18.1 Å². The van der Waals surface area contributed by atoms with E-state index in [0.717, 1.165) is 23.1 Å². The van der Waals surface area contributed by atoms with Gasteiger partial charge >= 0.3 is 0 Å². The number of benzene rings is 3. The molecule has 0 unspecified atom stereocenters. The number of aromatic amines is 1. The van der Waals surface area contributed by atoms with E-state index in [2.05, 4.69) is 14.7 Å². The summed E-state index contributed by atoms with van der Waals surface area (Å²) >= 11 is 0. The summed E-state index contributed by atoms with van der Waals surface area (Å²) in [6.45, 7) is 2.24. The Morgan fingerprint density at radius 3 is 2.54 bits per heavy atom. The van der Waals surface area contributed by atoms with Gasteiger partial charge in [0.25, 0.3) is 0 Å². The van der Waals surface area contributed by atoms with E-state index in [4.69, 9.17) is 0 Å². The van der Waals surface area contributed by atoms with Crippen molar-refractivity contribution in [3.05, 3.63) is 113 Å². The summed E-state index contributed by atoms with van der Waals surface area (Å²) in [6, 6.07) is 21.2. The Bertz CT molecular complexity index is 1520. The predicted octanol–water partition coefficient (Wildman–Crippen LogP) is 4.07. The van der Waals surface area contributed by atoms with Crippen LogP contribution in [-0.2, 0) is 40.6 Å². The van der Waals surface area contributed by atoms with Gasteiger partial charge in [-0.05, 0) is 59.4 Å². The summed E-state index contributed by atoms with van der Waals surface area (Å²) in [7, 11) is -3.88. The molecular weight excluding hydrogens is 512 g/mol. The predicted molar refractivity (Wildman–Crippen MR) is 150 cm³/mol. The van der Waals surface area contributed by atoms with Crippen LogP contribution in [0.25, 0.3) is 0 Å². The molecule has 0 radical (unpaired) electrons. The minimum absolute atomic E-state index is 0.0816. The van der Waals surface area contributed by atoms with Gasteiger partial charge in [0.05, 0.1) is 23.6 Å². The number of hydrogen-bond donors (Lipinski definition) is 3. The highest BCUT2D eigenvalue weighted by atomic mass is 32.2. The van der Waals surface area contributed by atoms with Crippen LogP contribution in [0.2, 0.25) is 0 Å². The average Bonchev–Trinajstić information content (AvgIpc) is 3.58. The number of anilines is 1. The van der Waals surface area contributed by atoms with Crippen LogP contribution in [0.3, 0.4) is 0 Å². The number of amides is 1. The number of H-pyrrole nitrogens is 1. The van der Waals surface area contributed by atoms with Gasteiger partial charge in [0.2, 0.25) is 15.9 Å². The van der Waals surface area contributed by atoms with E-state index in [1.807, 2.05) is 55.5 Å². The Balaban J connectivity index is 1.41. The Kier molecular flexibility index (Phi) is 7.92. The summed E-state index contributed by atoms with van der Waals surface area (Å²) in [4.78, 5) is 22.6. The number of carbonyl (C=O) groups is 1. The van der Waals surface area contributed by atoms with E-state index in [1.165, 1.54) is 0 Å². The molecule has 1 aliphatic rings. The molecule has 8 nitrogen and oxygen atoms in total. The molecule has 5 rings (SSSR count). The second-order valence-corrected chi connectivity index (χ2v) is 11.5. The molecule has 0 bridgehead atoms. The Morgan fingerprint density at radius 1 is 1.08 bits per heavy atom. The van der Waals surface area contributed by atoms with Crippen molar-refractivity contribution in [1.29, 1.82) is 0 Å². The third-order valence-electron chi connectivity index (χ3n) is 7.15. The van der Waals surface area contributed by atoms with E-state index >= 15 is 0 Å². The maximum Gasteiger partial charge on any atom is 0.241 e. The molecule has 2 atom stereocenters.